The summed E-state index contributed by atoms with van der Waals surface area (Å²) >= 11 is 0. The third-order valence-electron chi connectivity index (χ3n) is 4.51. The lowest BCUT2D eigenvalue weighted by atomic mass is 9.93. The number of unbranched alkanes of at least 4 members (excludes halogenated alkanes) is 5. The van der Waals surface area contributed by atoms with Gasteiger partial charge in [-0.2, -0.15) is 13.2 Å². The van der Waals surface area contributed by atoms with Crippen LogP contribution in [0.15, 0.2) is 12.2 Å². The molecule has 4 atom stereocenters. The van der Waals surface area contributed by atoms with Crippen molar-refractivity contribution in [3.8, 4) is 0 Å². The maximum Gasteiger partial charge on any atom is 0.490 e. The van der Waals surface area contributed by atoms with Crippen LogP contribution in [0.1, 0.15) is 52.4 Å². The monoisotopic (exact) mass is 441 g/mol. The van der Waals surface area contributed by atoms with Crippen molar-refractivity contribution in [2.45, 2.75) is 76.9 Å². The van der Waals surface area contributed by atoms with E-state index in [1.165, 1.54) is 32.1 Å². The predicted molar refractivity (Wildman–Crippen MR) is 105 cm³/mol. The number of rotatable bonds is 10. The van der Waals surface area contributed by atoms with E-state index >= 15 is 0 Å². The van der Waals surface area contributed by atoms with E-state index in [9.17, 15) is 18.0 Å². The Bertz CT molecular complexity index is 527. The topological polar surface area (TPSA) is 108 Å². The van der Waals surface area contributed by atoms with Crippen LogP contribution in [0, 0.1) is 5.92 Å². The standard InChI is InChI=1S/C18H33NO4.C2HF3O2/c1-4-5-6-7-8-9-10-11-15-18(23-16(20)12-19)17(21-3)14(2)13-22-15;3-2(4,5)1(6)7/h10-11,14-15,17-18H,4-9,12-13,19H2,1-3H3;(H,6,7)/t14-,15-,17-,18-;/m0./s1. The van der Waals surface area contributed by atoms with Crippen LogP contribution < -0.4 is 5.73 Å². The fourth-order valence-electron chi connectivity index (χ4n) is 2.92. The van der Waals surface area contributed by atoms with Crippen LogP contribution in [0.4, 0.5) is 13.2 Å². The molecule has 7 nitrogen and oxygen atoms in total. The van der Waals surface area contributed by atoms with Crippen LogP contribution in [-0.2, 0) is 23.8 Å². The van der Waals surface area contributed by atoms with Crippen LogP contribution in [0.5, 0.6) is 0 Å². The molecule has 30 heavy (non-hydrogen) atoms. The summed E-state index contributed by atoms with van der Waals surface area (Å²) in [4.78, 5) is 20.5. The Morgan fingerprint density at radius 1 is 1.20 bits per heavy atom. The Balaban J connectivity index is 0.00000103. The quantitative estimate of drug-likeness (QED) is 0.304. The van der Waals surface area contributed by atoms with Gasteiger partial charge in [0.05, 0.1) is 13.2 Å². The van der Waals surface area contributed by atoms with Crippen molar-refractivity contribution in [1.29, 1.82) is 0 Å². The summed E-state index contributed by atoms with van der Waals surface area (Å²) in [5.74, 6) is -3.01. The number of carbonyl (C=O) groups excluding carboxylic acids is 1. The number of nitrogens with two attached hydrogens (primary N) is 1. The van der Waals surface area contributed by atoms with Crippen molar-refractivity contribution in [3.05, 3.63) is 12.2 Å². The third-order valence-corrected chi connectivity index (χ3v) is 4.51. The molecule has 0 aromatic carbocycles. The highest BCUT2D eigenvalue weighted by atomic mass is 19.4. The molecular weight excluding hydrogens is 407 g/mol. The van der Waals surface area contributed by atoms with Crippen LogP contribution in [0.25, 0.3) is 0 Å². The largest absolute Gasteiger partial charge is 0.490 e. The molecule has 3 N–H and O–H groups in total. The first kappa shape index (κ1) is 28.4. The number of allylic oxidation sites excluding steroid dienone is 1. The van der Waals surface area contributed by atoms with Crippen LogP contribution in [0.2, 0.25) is 0 Å². The van der Waals surface area contributed by atoms with Gasteiger partial charge in [-0.25, -0.2) is 4.79 Å². The summed E-state index contributed by atoms with van der Waals surface area (Å²) in [6.07, 6.45) is 5.51. The van der Waals surface area contributed by atoms with Gasteiger partial charge in [0.1, 0.15) is 12.2 Å². The number of halogens is 3. The third kappa shape index (κ3) is 11.5. The van der Waals surface area contributed by atoms with E-state index in [0.717, 1.165) is 6.42 Å². The zero-order chi connectivity index (χ0) is 23.2. The van der Waals surface area contributed by atoms with E-state index in [1.807, 2.05) is 13.0 Å². The highest BCUT2D eigenvalue weighted by Crippen LogP contribution is 2.26. The number of carboxylic acid groups (broad SMARTS) is 1. The minimum absolute atomic E-state index is 0.130. The average molecular weight is 441 g/mol. The highest BCUT2D eigenvalue weighted by molar-refractivity contribution is 5.73. The number of hydrogen-bond acceptors (Lipinski definition) is 6. The van der Waals surface area contributed by atoms with Gasteiger partial charge in [0.15, 0.2) is 6.10 Å². The van der Waals surface area contributed by atoms with E-state index in [0.29, 0.717) is 6.61 Å². The Morgan fingerprint density at radius 3 is 2.30 bits per heavy atom. The van der Waals surface area contributed by atoms with Crippen molar-refractivity contribution in [2.75, 3.05) is 20.3 Å². The SMILES string of the molecule is CCCCCCCC=C[C@@H]1OC[C@H](C)[C@H](OC)[C@H]1OC(=O)CN.O=C(O)C(F)(F)F. The summed E-state index contributed by atoms with van der Waals surface area (Å²) in [5, 5.41) is 7.12. The molecular formula is C20H34F3NO6. The Kier molecular flexibility index (Phi) is 14.4. The second kappa shape index (κ2) is 15.2. The molecule has 0 saturated carbocycles. The molecule has 0 amide bonds. The maximum absolute atomic E-state index is 11.6. The van der Waals surface area contributed by atoms with Crippen LogP contribution in [0.3, 0.4) is 0 Å². The van der Waals surface area contributed by atoms with Gasteiger partial charge in [-0.1, -0.05) is 51.7 Å². The molecule has 0 radical (unpaired) electrons. The molecule has 10 heteroatoms. The van der Waals surface area contributed by atoms with Gasteiger partial charge in [-0.15, -0.1) is 0 Å². The number of carboxylic acids is 1. The predicted octanol–water partition coefficient (Wildman–Crippen LogP) is 3.46. The average Bonchev–Trinajstić information content (AvgIpc) is 2.68. The summed E-state index contributed by atoms with van der Waals surface area (Å²) in [5.41, 5.74) is 5.36. The molecule has 1 aliphatic heterocycles. The highest BCUT2D eigenvalue weighted by Gasteiger charge is 2.40. The van der Waals surface area contributed by atoms with Gasteiger partial charge in [0.2, 0.25) is 0 Å². The molecule has 0 spiro atoms. The van der Waals surface area contributed by atoms with Gasteiger partial charge in [-0.3, -0.25) is 4.79 Å². The Hall–Kier alpha value is -1.65. The minimum Gasteiger partial charge on any atom is -0.475 e. The fraction of sp³-hybridized carbons (Fsp3) is 0.800. The number of carbonyl (C=O) groups is 2. The number of ether oxygens (including phenoxy) is 3. The zero-order valence-electron chi connectivity index (χ0n) is 17.8. The number of methoxy groups -OCH3 is 1. The van der Waals surface area contributed by atoms with E-state index in [1.54, 1.807) is 7.11 Å². The number of aliphatic carboxylic acids is 1. The molecule has 176 valence electrons. The van der Waals surface area contributed by atoms with Gasteiger partial charge in [0.25, 0.3) is 0 Å². The summed E-state index contributed by atoms with van der Waals surface area (Å²) < 4.78 is 48.6. The molecule has 1 saturated heterocycles. The molecule has 1 heterocycles. The second-order valence-corrected chi connectivity index (χ2v) is 7.07. The lowest BCUT2D eigenvalue weighted by molar-refractivity contribution is -0.192. The van der Waals surface area contributed by atoms with Gasteiger partial charge in [-0.05, 0) is 12.8 Å². The number of hydrogen-bond donors (Lipinski definition) is 2. The van der Waals surface area contributed by atoms with E-state index in [4.69, 9.17) is 29.8 Å². The summed E-state index contributed by atoms with van der Waals surface area (Å²) in [7, 11) is 1.64. The van der Waals surface area contributed by atoms with Gasteiger partial charge < -0.3 is 25.1 Å². The first-order valence-electron chi connectivity index (χ1n) is 10.1. The molecule has 0 aliphatic carbocycles. The molecule has 1 aliphatic rings. The zero-order valence-corrected chi connectivity index (χ0v) is 17.8. The molecule has 0 aromatic rings. The number of alkyl halides is 3. The number of esters is 1. The molecule has 0 unspecified atom stereocenters. The van der Waals surface area contributed by atoms with Crippen LogP contribution in [-0.4, -0.2) is 61.8 Å². The fourth-order valence-corrected chi connectivity index (χ4v) is 2.92. The van der Waals surface area contributed by atoms with E-state index in [-0.39, 0.29) is 24.7 Å². The first-order valence-corrected chi connectivity index (χ1v) is 10.1. The maximum atomic E-state index is 11.6. The van der Waals surface area contributed by atoms with Crippen molar-refractivity contribution in [1.82, 2.24) is 0 Å². The van der Waals surface area contributed by atoms with Crippen molar-refractivity contribution >= 4 is 11.9 Å². The Labute approximate surface area is 175 Å². The summed E-state index contributed by atoms with van der Waals surface area (Å²) in [6, 6.07) is 0. The van der Waals surface area contributed by atoms with Gasteiger partial charge in [0, 0.05) is 13.0 Å². The minimum atomic E-state index is -5.08. The lowest BCUT2D eigenvalue weighted by Crippen LogP contribution is -2.52. The molecule has 1 rings (SSSR count). The molecule has 1 fully saturated rings. The smallest absolute Gasteiger partial charge is 0.475 e. The van der Waals surface area contributed by atoms with Gasteiger partial charge >= 0.3 is 18.1 Å². The van der Waals surface area contributed by atoms with Crippen molar-refractivity contribution in [3.63, 3.8) is 0 Å². The van der Waals surface area contributed by atoms with Crippen molar-refractivity contribution in [2.24, 2.45) is 11.7 Å². The first-order chi connectivity index (χ1) is 14.1. The summed E-state index contributed by atoms with van der Waals surface area (Å²) in [6.45, 7) is 4.72. The normalized spacial score (nSPS) is 24.2. The van der Waals surface area contributed by atoms with E-state index in [2.05, 4.69) is 13.0 Å². The Morgan fingerprint density at radius 2 is 1.80 bits per heavy atom. The molecule has 0 aromatic heterocycles. The second-order valence-electron chi connectivity index (χ2n) is 7.07. The van der Waals surface area contributed by atoms with Crippen molar-refractivity contribution < 1.29 is 42.1 Å². The molecule has 0 bridgehead atoms. The van der Waals surface area contributed by atoms with E-state index < -0.39 is 24.2 Å². The lowest BCUT2D eigenvalue weighted by Gasteiger charge is -2.39. The van der Waals surface area contributed by atoms with Crippen LogP contribution >= 0.6 is 0 Å².